The Hall–Kier alpha value is -1.66. The first-order valence-electron chi connectivity index (χ1n) is 7.17. The molecule has 3 N–H and O–H groups in total. The SMILES string of the molecule is CCC1COC(C)CN1Cc1ccc(F)cc1C(N)=NO. The van der Waals surface area contributed by atoms with Gasteiger partial charge in [-0.25, -0.2) is 4.39 Å². The van der Waals surface area contributed by atoms with Crippen molar-refractivity contribution in [2.24, 2.45) is 10.9 Å². The van der Waals surface area contributed by atoms with Crippen LogP contribution in [0.3, 0.4) is 0 Å². The van der Waals surface area contributed by atoms with Crippen molar-refractivity contribution in [2.75, 3.05) is 13.2 Å². The molecule has 1 saturated heterocycles. The molecule has 0 aliphatic carbocycles. The predicted molar refractivity (Wildman–Crippen MR) is 78.8 cm³/mol. The predicted octanol–water partition coefficient (Wildman–Crippen LogP) is 1.92. The van der Waals surface area contributed by atoms with E-state index in [1.54, 1.807) is 6.07 Å². The minimum Gasteiger partial charge on any atom is -0.409 e. The maximum absolute atomic E-state index is 13.4. The summed E-state index contributed by atoms with van der Waals surface area (Å²) in [7, 11) is 0. The second-order valence-corrected chi connectivity index (χ2v) is 5.42. The average molecular weight is 295 g/mol. The van der Waals surface area contributed by atoms with Gasteiger partial charge >= 0.3 is 0 Å². The summed E-state index contributed by atoms with van der Waals surface area (Å²) in [5.74, 6) is -0.471. The molecule has 2 atom stereocenters. The van der Waals surface area contributed by atoms with Crippen LogP contribution in [0.25, 0.3) is 0 Å². The number of amidine groups is 1. The van der Waals surface area contributed by atoms with E-state index in [9.17, 15) is 4.39 Å². The van der Waals surface area contributed by atoms with Gasteiger partial charge in [0.25, 0.3) is 0 Å². The van der Waals surface area contributed by atoms with Gasteiger partial charge in [-0.05, 0) is 31.0 Å². The molecule has 1 aromatic rings. The number of nitrogens with two attached hydrogens (primary N) is 1. The highest BCUT2D eigenvalue weighted by atomic mass is 19.1. The zero-order valence-electron chi connectivity index (χ0n) is 12.4. The molecule has 2 unspecified atom stereocenters. The first kappa shape index (κ1) is 15.7. The van der Waals surface area contributed by atoms with Gasteiger partial charge in [-0.2, -0.15) is 0 Å². The number of benzene rings is 1. The van der Waals surface area contributed by atoms with Crippen molar-refractivity contribution < 1.29 is 14.3 Å². The van der Waals surface area contributed by atoms with Crippen LogP contribution in [0.2, 0.25) is 0 Å². The number of halogens is 1. The lowest BCUT2D eigenvalue weighted by Gasteiger charge is -2.38. The van der Waals surface area contributed by atoms with Crippen molar-refractivity contribution in [1.29, 1.82) is 0 Å². The topological polar surface area (TPSA) is 71.1 Å². The molecule has 0 saturated carbocycles. The highest BCUT2D eigenvalue weighted by Crippen LogP contribution is 2.20. The number of oxime groups is 1. The molecule has 1 aliphatic heterocycles. The second kappa shape index (κ2) is 6.87. The van der Waals surface area contributed by atoms with E-state index in [1.165, 1.54) is 12.1 Å². The normalized spacial score (nSPS) is 24.2. The Morgan fingerprint density at radius 1 is 1.57 bits per heavy atom. The third-order valence-electron chi connectivity index (χ3n) is 3.88. The maximum Gasteiger partial charge on any atom is 0.170 e. The molecule has 2 rings (SSSR count). The van der Waals surface area contributed by atoms with Gasteiger partial charge in [0, 0.05) is 24.7 Å². The number of ether oxygens (including phenoxy) is 1. The van der Waals surface area contributed by atoms with Crippen LogP contribution in [0, 0.1) is 5.82 Å². The van der Waals surface area contributed by atoms with E-state index < -0.39 is 5.82 Å². The molecule has 5 nitrogen and oxygen atoms in total. The van der Waals surface area contributed by atoms with Crippen molar-refractivity contribution >= 4 is 5.84 Å². The summed E-state index contributed by atoms with van der Waals surface area (Å²) in [6.07, 6.45) is 1.15. The fourth-order valence-corrected chi connectivity index (χ4v) is 2.68. The highest BCUT2D eigenvalue weighted by Gasteiger charge is 2.26. The molecule has 1 fully saturated rings. The fourth-order valence-electron chi connectivity index (χ4n) is 2.68. The largest absolute Gasteiger partial charge is 0.409 e. The molecule has 0 spiro atoms. The van der Waals surface area contributed by atoms with E-state index in [1.807, 2.05) is 6.92 Å². The first-order chi connectivity index (χ1) is 10.0. The third-order valence-corrected chi connectivity index (χ3v) is 3.88. The van der Waals surface area contributed by atoms with Crippen LogP contribution in [0.15, 0.2) is 23.4 Å². The summed E-state index contributed by atoms with van der Waals surface area (Å²) in [4.78, 5) is 2.30. The number of rotatable bonds is 4. The van der Waals surface area contributed by atoms with Gasteiger partial charge in [0.05, 0.1) is 12.7 Å². The van der Waals surface area contributed by atoms with Gasteiger partial charge in [-0.3, -0.25) is 4.90 Å². The third kappa shape index (κ3) is 3.71. The van der Waals surface area contributed by atoms with E-state index in [0.717, 1.165) is 18.5 Å². The van der Waals surface area contributed by atoms with E-state index in [4.69, 9.17) is 15.7 Å². The molecule has 0 radical (unpaired) electrons. The summed E-state index contributed by atoms with van der Waals surface area (Å²) in [6, 6.07) is 4.71. The molecule has 116 valence electrons. The maximum atomic E-state index is 13.4. The van der Waals surface area contributed by atoms with E-state index in [2.05, 4.69) is 17.0 Å². The standard InChI is InChI=1S/C15H22FN3O2/c1-3-13-9-21-10(2)7-19(13)8-11-4-5-12(16)6-14(11)15(17)18-20/h4-6,10,13,20H,3,7-9H2,1-2H3,(H2,17,18). The van der Waals surface area contributed by atoms with Crippen molar-refractivity contribution in [1.82, 2.24) is 4.90 Å². The Morgan fingerprint density at radius 2 is 2.33 bits per heavy atom. The lowest BCUT2D eigenvalue weighted by Crippen LogP contribution is -2.48. The molecule has 0 aromatic heterocycles. The van der Waals surface area contributed by atoms with Crippen LogP contribution < -0.4 is 5.73 Å². The Kier molecular flexibility index (Phi) is 5.14. The summed E-state index contributed by atoms with van der Waals surface area (Å²) < 4.78 is 19.1. The van der Waals surface area contributed by atoms with Gasteiger partial charge in [0.15, 0.2) is 5.84 Å². The summed E-state index contributed by atoms with van der Waals surface area (Å²) >= 11 is 0. The van der Waals surface area contributed by atoms with Crippen molar-refractivity contribution in [3.63, 3.8) is 0 Å². The zero-order chi connectivity index (χ0) is 15.4. The van der Waals surface area contributed by atoms with Gasteiger partial charge in [0.2, 0.25) is 0 Å². The second-order valence-electron chi connectivity index (χ2n) is 5.42. The number of hydrogen-bond donors (Lipinski definition) is 2. The van der Waals surface area contributed by atoms with Gasteiger partial charge in [0.1, 0.15) is 5.82 Å². The van der Waals surface area contributed by atoms with Gasteiger partial charge in [-0.15, -0.1) is 0 Å². The monoisotopic (exact) mass is 295 g/mol. The van der Waals surface area contributed by atoms with Crippen LogP contribution in [0.5, 0.6) is 0 Å². The highest BCUT2D eigenvalue weighted by molar-refractivity contribution is 5.98. The lowest BCUT2D eigenvalue weighted by molar-refractivity contribution is -0.0592. The Bertz CT molecular complexity index is 522. The Balaban J connectivity index is 2.25. The molecular formula is C15H22FN3O2. The van der Waals surface area contributed by atoms with Crippen molar-refractivity contribution in [3.05, 3.63) is 35.1 Å². The van der Waals surface area contributed by atoms with Crippen LogP contribution in [-0.2, 0) is 11.3 Å². The van der Waals surface area contributed by atoms with Gasteiger partial charge in [-0.1, -0.05) is 18.1 Å². The number of nitrogens with zero attached hydrogens (tertiary/aromatic N) is 2. The van der Waals surface area contributed by atoms with Gasteiger partial charge < -0.3 is 15.7 Å². The van der Waals surface area contributed by atoms with Crippen LogP contribution in [0.1, 0.15) is 31.4 Å². The molecule has 1 heterocycles. The molecule has 1 aliphatic rings. The van der Waals surface area contributed by atoms with Crippen LogP contribution in [0.4, 0.5) is 4.39 Å². The van der Waals surface area contributed by atoms with Crippen LogP contribution >= 0.6 is 0 Å². The minimum absolute atomic E-state index is 0.0705. The molecule has 21 heavy (non-hydrogen) atoms. The number of hydrogen-bond acceptors (Lipinski definition) is 4. The Labute approximate surface area is 124 Å². The molecule has 0 amide bonds. The van der Waals surface area contributed by atoms with E-state index in [-0.39, 0.29) is 11.9 Å². The zero-order valence-corrected chi connectivity index (χ0v) is 12.4. The Morgan fingerprint density at radius 3 is 3.00 bits per heavy atom. The summed E-state index contributed by atoms with van der Waals surface area (Å²) in [5, 5.41) is 11.8. The quantitative estimate of drug-likeness (QED) is 0.385. The lowest BCUT2D eigenvalue weighted by atomic mass is 10.0. The summed E-state index contributed by atoms with van der Waals surface area (Å²) in [6.45, 7) is 6.28. The fraction of sp³-hybridized carbons (Fsp3) is 0.533. The summed E-state index contributed by atoms with van der Waals surface area (Å²) in [5.41, 5.74) is 6.94. The average Bonchev–Trinajstić information content (AvgIpc) is 2.48. The van der Waals surface area contributed by atoms with Crippen molar-refractivity contribution in [2.45, 2.75) is 39.0 Å². The van der Waals surface area contributed by atoms with E-state index in [0.29, 0.717) is 24.8 Å². The first-order valence-corrected chi connectivity index (χ1v) is 7.17. The minimum atomic E-state index is -0.400. The smallest absolute Gasteiger partial charge is 0.170 e. The van der Waals surface area contributed by atoms with Crippen molar-refractivity contribution in [3.8, 4) is 0 Å². The number of morpholine rings is 1. The molecule has 0 bridgehead atoms. The van der Waals surface area contributed by atoms with Crippen LogP contribution in [-0.4, -0.2) is 41.2 Å². The molecular weight excluding hydrogens is 273 g/mol. The van der Waals surface area contributed by atoms with E-state index >= 15 is 0 Å². The molecule has 6 heteroatoms. The molecule has 1 aromatic carbocycles.